The smallest absolute Gasteiger partial charge is 0.127 e. The van der Waals surface area contributed by atoms with Gasteiger partial charge in [-0.25, -0.2) is 0 Å². The fourth-order valence-electron chi connectivity index (χ4n) is 1.31. The lowest BCUT2D eigenvalue weighted by molar-refractivity contribution is -0.108. The van der Waals surface area contributed by atoms with Crippen LogP contribution in [-0.2, 0) is 10.2 Å². The van der Waals surface area contributed by atoms with E-state index in [1.807, 2.05) is 6.92 Å². The molecule has 1 heterocycles. The maximum absolute atomic E-state index is 10.6. The van der Waals surface area contributed by atoms with Gasteiger partial charge in [-0.15, -0.1) is 0 Å². The molecule has 1 unspecified atom stereocenters. The molecule has 0 aromatic carbocycles. The highest BCUT2D eigenvalue weighted by Crippen LogP contribution is 2.27. The number of hydrogen-bond donors (Lipinski definition) is 1. The number of carbonyl (C=O) groups excluding carboxylic acids is 1. The Morgan fingerprint density at radius 3 is 2.62 bits per heavy atom. The summed E-state index contributed by atoms with van der Waals surface area (Å²) in [4.78, 5) is 10.6. The van der Waals surface area contributed by atoms with Crippen LogP contribution in [0.4, 0.5) is 0 Å². The van der Waals surface area contributed by atoms with Crippen LogP contribution in [0, 0.1) is 0 Å². The second kappa shape index (κ2) is 3.32. The average molecular weight is 180 g/mol. The first kappa shape index (κ1) is 9.96. The Morgan fingerprint density at radius 2 is 2.15 bits per heavy atom. The fourth-order valence-corrected chi connectivity index (χ4v) is 1.31. The molecule has 13 heavy (non-hydrogen) atoms. The quantitative estimate of drug-likeness (QED) is 0.707. The zero-order valence-electron chi connectivity index (χ0n) is 8.59. The fraction of sp³-hybridized carbons (Fsp3) is 0.600. The van der Waals surface area contributed by atoms with Gasteiger partial charge in [0.1, 0.15) is 6.29 Å². The minimum Gasteiger partial charge on any atom is -0.303 e. The molecule has 1 atom stereocenters. The van der Waals surface area contributed by atoms with Crippen molar-refractivity contribution in [2.24, 2.45) is 0 Å². The van der Waals surface area contributed by atoms with Crippen molar-refractivity contribution in [2.75, 3.05) is 0 Å². The minimum atomic E-state index is -0.0759. The van der Waals surface area contributed by atoms with Crippen molar-refractivity contribution < 1.29 is 4.79 Å². The third-order valence-electron chi connectivity index (χ3n) is 2.11. The van der Waals surface area contributed by atoms with E-state index in [1.165, 1.54) is 0 Å². The zero-order chi connectivity index (χ0) is 10.1. The van der Waals surface area contributed by atoms with Crippen LogP contribution in [0.2, 0.25) is 0 Å². The normalized spacial score (nSPS) is 14.2. The number of rotatable bonds is 2. The lowest BCUT2D eigenvalue weighted by Gasteiger charge is -2.19. The maximum Gasteiger partial charge on any atom is 0.127 e. The molecule has 72 valence electrons. The molecule has 1 N–H and O–H groups in total. The molecular weight excluding hydrogens is 164 g/mol. The summed E-state index contributed by atoms with van der Waals surface area (Å²) in [5.41, 5.74) is 2.07. The van der Waals surface area contributed by atoms with E-state index in [2.05, 4.69) is 31.0 Å². The molecule has 1 aromatic heterocycles. The number of nitrogens with one attached hydrogen (secondary N) is 1. The van der Waals surface area contributed by atoms with Crippen LogP contribution in [0.25, 0.3) is 0 Å². The first-order valence-electron chi connectivity index (χ1n) is 4.46. The molecule has 0 spiro atoms. The van der Waals surface area contributed by atoms with Crippen LogP contribution in [0.15, 0.2) is 6.20 Å². The van der Waals surface area contributed by atoms with Gasteiger partial charge < -0.3 is 4.79 Å². The molecule has 0 bridgehead atoms. The lowest BCUT2D eigenvalue weighted by Crippen LogP contribution is -2.15. The van der Waals surface area contributed by atoms with Gasteiger partial charge >= 0.3 is 0 Å². The Bertz CT molecular complexity index is 296. The van der Waals surface area contributed by atoms with Gasteiger partial charge in [0, 0.05) is 22.6 Å². The molecule has 3 heteroatoms. The van der Waals surface area contributed by atoms with E-state index in [4.69, 9.17) is 0 Å². The van der Waals surface area contributed by atoms with E-state index in [0.717, 1.165) is 17.5 Å². The van der Waals surface area contributed by atoms with Gasteiger partial charge in [0.15, 0.2) is 0 Å². The Balaban J connectivity index is 3.10. The topological polar surface area (TPSA) is 45.8 Å². The van der Waals surface area contributed by atoms with Crippen molar-refractivity contribution in [1.82, 2.24) is 10.2 Å². The van der Waals surface area contributed by atoms with Crippen LogP contribution in [0.3, 0.4) is 0 Å². The van der Waals surface area contributed by atoms with Gasteiger partial charge in [0.2, 0.25) is 0 Å². The van der Waals surface area contributed by atoms with Crippen LogP contribution < -0.4 is 0 Å². The van der Waals surface area contributed by atoms with Gasteiger partial charge in [-0.05, 0) is 0 Å². The predicted molar refractivity (Wildman–Crippen MR) is 51.8 cm³/mol. The molecule has 0 fully saturated rings. The number of aromatic nitrogens is 2. The Labute approximate surface area is 78.5 Å². The third kappa shape index (κ3) is 1.97. The molecule has 0 saturated heterocycles. The molecule has 3 nitrogen and oxygen atoms in total. The molecule has 0 aliphatic carbocycles. The summed E-state index contributed by atoms with van der Waals surface area (Å²) in [6.07, 6.45) is 2.68. The number of aldehydes is 1. The lowest BCUT2D eigenvalue weighted by atomic mass is 9.86. The summed E-state index contributed by atoms with van der Waals surface area (Å²) in [6, 6.07) is 0. The van der Waals surface area contributed by atoms with Crippen LogP contribution in [0.1, 0.15) is 44.9 Å². The van der Waals surface area contributed by atoms with Gasteiger partial charge in [0.05, 0.1) is 6.20 Å². The van der Waals surface area contributed by atoms with E-state index in [0.29, 0.717) is 0 Å². The van der Waals surface area contributed by atoms with Gasteiger partial charge in [0.25, 0.3) is 0 Å². The second-order valence-corrected chi connectivity index (χ2v) is 4.38. The van der Waals surface area contributed by atoms with Crippen molar-refractivity contribution in [2.45, 2.75) is 39.0 Å². The van der Waals surface area contributed by atoms with E-state index in [-0.39, 0.29) is 11.3 Å². The van der Waals surface area contributed by atoms with Crippen molar-refractivity contribution in [3.8, 4) is 0 Å². The first-order chi connectivity index (χ1) is 5.96. The Hall–Kier alpha value is -1.12. The van der Waals surface area contributed by atoms with Crippen LogP contribution >= 0.6 is 0 Å². The zero-order valence-corrected chi connectivity index (χ0v) is 8.59. The van der Waals surface area contributed by atoms with Gasteiger partial charge in [-0.1, -0.05) is 27.7 Å². The van der Waals surface area contributed by atoms with Crippen molar-refractivity contribution in [1.29, 1.82) is 0 Å². The van der Waals surface area contributed by atoms with E-state index < -0.39 is 0 Å². The molecule has 0 aliphatic rings. The highest BCUT2D eigenvalue weighted by molar-refractivity contribution is 5.62. The predicted octanol–water partition coefficient (Wildman–Crippen LogP) is 2.01. The minimum absolute atomic E-state index is 0.0170. The number of H-pyrrole nitrogens is 1. The van der Waals surface area contributed by atoms with Crippen molar-refractivity contribution in [3.05, 3.63) is 17.5 Å². The molecule has 0 saturated carbocycles. The van der Waals surface area contributed by atoms with Crippen molar-refractivity contribution >= 4 is 6.29 Å². The van der Waals surface area contributed by atoms with Gasteiger partial charge in [-0.2, -0.15) is 5.10 Å². The van der Waals surface area contributed by atoms with Crippen molar-refractivity contribution in [3.63, 3.8) is 0 Å². The second-order valence-electron chi connectivity index (χ2n) is 4.38. The molecule has 0 aliphatic heterocycles. The van der Waals surface area contributed by atoms with Crippen LogP contribution in [0.5, 0.6) is 0 Å². The number of carbonyl (C=O) groups is 1. The largest absolute Gasteiger partial charge is 0.303 e. The summed E-state index contributed by atoms with van der Waals surface area (Å²) >= 11 is 0. The highest BCUT2D eigenvalue weighted by Gasteiger charge is 2.22. The average Bonchev–Trinajstić information content (AvgIpc) is 2.49. The summed E-state index contributed by atoms with van der Waals surface area (Å²) < 4.78 is 0. The summed E-state index contributed by atoms with van der Waals surface area (Å²) in [7, 11) is 0. The Kier molecular flexibility index (Phi) is 2.55. The SMILES string of the molecule is CC(C=O)c1cn[nH]c1C(C)(C)C. The maximum atomic E-state index is 10.6. The summed E-state index contributed by atoms with van der Waals surface area (Å²) in [6.45, 7) is 8.18. The van der Waals surface area contributed by atoms with E-state index >= 15 is 0 Å². The highest BCUT2D eigenvalue weighted by atomic mass is 16.1. The monoisotopic (exact) mass is 180 g/mol. The van der Waals surface area contributed by atoms with E-state index in [9.17, 15) is 4.79 Å². The number of aromatic amines is 1. The Morgan fingerprint density at radius 1 is 1.54 bits per heavy atom. The van der Waals surface area contributed by atoms with Crippen LogP contribution in [-0.4, -0.2) is 16.5 Å². The van der Waals surface area contributed by atoms with Gasteiger partial charge in [-0.3, -0.25) is 5.10 Å². The first-order valence-corrected chi connectivity index (χ1v) is 4.46. The molecule has 1 rings (SSSR count). The molecular formula is C10H16N2O. The molecule has 0 amide bonds. The summed E-state index contributed by atoms with van der Waals surface area (Å²) in [5, 5.41) is 6.93. The summed E-state index contributed by atoms with van der Waals surface area (Å²) in [5.74, 6) is -0.0759. The number of hydrogen-bond acceptors (Lipinski definition) is 2. The third-order valence-corrected chi connectivity index (χ3v) is 2.11. The molecule has 1 aromatic rings. The van der Waals surface area contributed by atoms with E-state index in [1.54, 1.807) is 6.20 Å². The number of nitrogens with zero attached hydrogens (tertiary/aromatic N) is 1. The standard InChI is InChI=1S/C10H16N2O/c1-7(6-13)8-5-11-12-9(8)10(2,3)4/h5-7H,1-4H3,(H,11,12). The molecule has 0 radical (unpaired) electrons.